The maximum atomic E-state index is 12.0. The number of benzene rings is 1. The second kappa shape index (κ2) is 12.6. The maximum Gasteiger partial charge on any atom is 0.339 e. The van der Waals surface area contributed by atoms with Crippen molar-refractivity contribution in [3.63, 3.8) is 0 Å². The minimum atomic E-state index is -0.360. The van der Waals surface area contributed by atoms with Gasteiger partial charge >= 0.3 is 5.97 Å². The number of carbonyl (C=O) groups excluding carboxylic acids is 1. The van der Waals surface area contributed by atoms with E-state index < -0.39 is 0 Å². The van der Waals surface area contributed by atoms with Crippen LogP contribution in [0.3, 0.4) is 0 Å². The number of carbonyl (C=O) groups is 1. The van der Waals surface area contributed by atoms with Gasteiger partial charge in [0, 0.05) is 4.47 Å². The Kier molecular flexibility index (Phi) is 11.2. The summed E-state index contributed by atoms with van der Waals surface area (Å²) in [5.41, 5.74) is 6.53. The van der Waals surface area contributed by atoms with Crippen LogP contribution in [0.25, 0.3) is 0 Å². The Hall–Kier alpha value is -0.740. The molecule has 136 valence electrons. The molecule has 2 N–H and O–H groups in total. The third-order valence-electron chi connectivity index (χ3n) is 4.04. The normalized spacial score (nSPS) is 10.8. The highest BCUT2D eigenvalue weighted by molar-refractivity contribution is 9.10. The lowest BCUT2D eigenvalue weighted by Gasteiger charge is -2.08. The van der Waals surface area contributed by atoms with Gasteiger partial charge in [-0.2, -0.15) is 0 Å². The first kappa shape index (κ1) is 21.3. The molecule has 0 saturated heterocycles. The van der Waals surface area contributed by atoms with Gasteiger partial charge in [0.1, 0.15) is 0 Å². The fraction of sp³-hybridized carbons (Fsp3) is 0.632. The van der Waals surface area contributed by atoms with Crippen LogP contribution in [-0.2, 0) is 4.74 Å². The summed E-state index contributed by atoms with van der Waals surface area (Å²) < 4.78 is 5.91. The predicted octanol–water partition coefficient (Wildman–Crippen LogP) is 6.76. The van der Waals surface area contributed by atoms with E-state index in [1.165, 1.54) is 51.4 Å². The molecule has 0 unspecified atom stereocenters. The zero-order chi connectivity index (χ0) is 17.8. The third kappa shape index (κ3) is 8.39. The van der Waals surface area contributed by atoms with Crippen molar-refractivity contribution >= 4 is 39.2 Å². The van der Waals surface area contributed by atoms with Gasteiger partial charge in [0.15, 0.2) is 0 Å². The minimum Gasteiger partial charge on any atom is -0.462 e. The summed E-state index contributed by atoms with van der Waals surface area (Å²) in [6, 6.07) is 3.17. The van der Waals surface area contributed by atoms with Crippen LogP contribution < -0.4 is 5.73 Å². The monoisotopic (exact) mass is 417 g/mol. The number of ether oxygens (including phenoxy) is 1. The summed E-state index contributed by atoms with van der Waals surface area (Å²) in [4.78, 5) is 12.0. The number of esters is 1. The number of hydrogen-bond acceptors (Lipinski definition) is 3. The number of unbranched alkanes of at least 4 members (excludes halogenated alkanes) is 9. The Labute approximate surface area is 159 Å². The van der Waals surface area contributed by atoms with Crippen molar-refractivity contribution < 1.29 is 9.53 Å². The first-order valence-electron chi connectivity index (χ1n) is 8.98. The highest BCUT2D eigenvalue weighted by Gasteiger charge is 2.13. The molecule has 0 aliphatic rings. The van der Waals surface area contributed by atoms with Gasteiger partial charge < -0.3 is 10.5 Å². The van der Waals surface area contributed by atoms with E-state index in [-0.39, 0.29) is 5.97 Å². The van der Waals surface area contributed by atoms with Gasteiger partial charge in [0.25, 0.3) is 0 Å². The Morgan fingerprint density at radius 3 is 2.17 bits per heavy atom. The standard InChI is InChI=1S/C19H29BrClNO2/c1-2-3-4-5-6-7-8-9-10-11-12-24-19(23)15-13-18(22)17(21)14-16(15)20/h13-14H,2-12,22H2,1H3. The van der Waals surface area contributed by atoms with Crippen LogP contribution in [0.1, 0.15) is 81.5 Å². The molecule has 0 aliphatic carbocycles. The molecule has 1 aromatic rings. The lowest BCUT2D eigenvalue weighted by molar-refractivity contribution is 0.0496. The van der Waals surface area contributed by atoms with Crippen molar-refractivity contribution in [3.05, 3.63) is 27.2 Å². The quantitative estimate of drug-likeness (QED) is 0.232. The molecule has 0 radical (unpaired) electrons. The zero-order valence-corrected chi connectivity index (χ0v) is 16.9. The SMILES string of the molecule is CCCCCCCCCCCCOC(=O)c1cc(N)c(Cl)cc1Br. The van der Waals surface area contributed by atoms with E-state index in [1.807, 2.05) is 0 Å². The molecule has 1 rings (SSSR count). The second-order valence-corrected chi connectivity index (χ2v) is 7.43. The van der Waals surface area contributed by atoms with Crippen molar-refractivity contribution in [2.24, 2.45) is 0 Å². The fourth-order valence-electron chi connectivity index (χ4n) is 2.55. The van der Waals surface area contributed by atoms with E-state index in [4.69, 9.17) is 22.1 Å². The van der Waals surface area contributed by atoms with Gasteiger partial charge in [-0.1, -0.05) is 76.3 Å². The predicted molar refractivity (Wildman–Crippen MR) is 106 cm³/mol. The van der Waals surface area contributed by atoms with Crippen LogP contribution in [0.15, 0.2) is 16.6 Å². The molecule has 0 saturated carbocycles. The summed E-state index contributed by atoms with van der Waals surface area (Å²) in [5.74, 6) is -0.360. The Balaban J connectivity index is 2.09. The molecule has 0 aromatic heterocycles. The molecule has 0 spiro atoms. The summed E-state index contributed by atoms with van der Waals surface area (Å²) in [6.45, 7) is 2.69. The van der Waals surface area contributed by atoms with Gasteiger partial charge in [-0.3, -0.25) is 0 Å². The minimum absolute atomic E-state index is 0.360. The molecule has 24 heavy (non-hydrogen) atoms. The topological polar surface area (TPSA) is 52.3 Å². The van der Waals surface area contributed by atoms with Crippen LogP contribution in [0.5, 0.6) is 0 Å². The molecule has 0 amide bonds. The summed E-state index contributed by atoms with van der Waals surface area (Å²) >= 11 is 9.22. The van der Waals surface area contributed by atoms with Crippen molar-refractivity contribution in [2.75, 3.05) is 12.3 Å². The van der Waals surface area contributed by atoms with Crippen LogP contribution in [0, 0.1) is 0 Å². The van der Waals surface area contributed by atoms with E-state index in [0.29, 0.717) is 27.4 Å². The highest BCUT2D eigenvalue weighted by Crippen LogP contribution is 2.28. The first-order valence-corrected chi connectivity index (χ1v) is 10.1. The average Bonchev–Trinajstić information content (AvgIpc) is 2.55. The Morgan fingerprint density at radius 2 is 1.58 bits per heavy atom. The van der Waals surface area contributed by atoms with Gasteiger partial charge in [-0.15, -0.1) is 0 Å². The van der Waals surface area contributed by atoms with Crippen LogP contribution in [-0.4, -0.2) is 12.6 Å². The average molecular weight is 419 g/mol. The van der Waals surface area contributed by atoms with Crippen molar-refractivity contribution in [1.29, 1.82) is 0 Å². The lowest BCUT2D eigenvalue weighted by atomic mass is 10.1. The lowest BCUT2D eigenvalue weighted by Crippen LogP contribution is -2.08. The number of nitrogen functional groups attached to an aromatic ring is 1. The molecule has 0 heterocycles. The van der Waals surface area contributed by atoms with Gasteiger partial charge in [0.2, 0.25) is 0 Å². The summed E-state index contributed by atoms with van der Waals surface area (Å²) in [6.07, 6.45) is 12.6. The molecule has 0 aliphatic heterocycles. The molecule has 0 atom stereocenters. The molecule has 3 nitrogen and oxygen atoms in total. The molecule has 5 heteroatoms. The molecular formula is C19H29BrClNO2. The largest absolute Gasteiger partial charge is 0.462 e. The van der Waals surface area contributed by atoms with Crippen molar-refractivity contribution in [3.8, 4) is 0 Å². The van der Waals surface area contributed by atoms with Gasteiger partial charge in [0.05, 0.1) is 22.9 Å². The van der Waals surface area contributed by atoms with Crippen molar-refractivity contribution in [2.45, 2.75) is 71.1 Å². The van der Waals surface area contributed by atoms with Crippen LogP contribution in [0.2, 0.25) is 5.02 Å². The van der Waals surface area contributed by atoms with E-state index in [2.05, 4.69) is 22.9 Å². The Bertz CT molecular complexity index is 508. The molecular weight excluding hydrogens is 390 g/mol. The first-order chi connectivity index (χ1) is 11.6. The second-order valence-electron chi connectivity index (χ2n) is 6.17. The van der Waals surface area contributed by atoms with E-state index in [0.717, 1.165) is 12.8 Å². The fourth-order valence-corrected chi connectivity index (χ4v) is 3.35. The van der Waals surface area contributed by atoms with Gasteiger partial charge in [-0.05, 0) is 34.5 Å². The summed E-state index contributed by atoms with van der Waals surface area (Å²) in [5, 5.41) is 0.424. The van der Waals surface area contributed by atoms with E-state index in [9.17, 15) is 4.79 Å². The molecule has 0 bridgehead atoms. The van der Waals surface area contributed by atoms with Crippen LogP contribution >= 0.6 is 27.5 Å². The maximum absolute atomic E-state index is 12.0. The molecule has 1 aromatic carbocycles. The van der Waals surface area contributed by atoms with E-state index >= 15 is 0 Å². The number of rotatable bonds is 12. The third-order valence-corrected chi connectivity index (χ3v) is 5.02. The number of nitrogens with two attached hydrogens (primary N) is 1. The highest BCUT2D eigenvalue weighted by atomic mass is 79.9. The number of anilines is 1. The number of halogens is 2. The molecule has 0 fully saturated rings. The van der Waals surface area contributed by atoms with E-state index in [1.54, 1.807) is 12.1 Å². The number of hydrogen-bond donors (Lipinski definition) is 1. The van der Waals surface area contributed by atoms with Crippen molar-refractivity contribution in [1.82, 2.24) is 0 Å². The zero-order valence-electron chi connectivity index (χ0n) is 14.6. The van der Waals surface area contributed by atoms with Gasteiger partial charge in [-0.25, -0.2) is 4.79 Å². The Morgan fingerprint density at radius 1 is 1.04 bits per heavy atom. The smallest absolute Gasteiger partial charge is 0.339 e. The summed E-state index contributed by atoms with van der Waals surface area (Å²) in [7, 11) is 0. The van der Waals surface area contributed by atoms with Crippen LogP contribution in [0.4, 0.5) is 5.69 Å².